The molecule has 0 spiro atoms. The predicted octanol–water partition coefficient (Wildman–Crippen LogP) is 3.90. The molecule has 3 aromatic rings. The Morgan fingerprint density at radius 2 is 1.74 bits per heavy atom. The summed E-state index contributed by atoms with van der Waals surface area (Å²) in [6, 6.07) is 13.0. The van der Waals surface area contributed by atoms with E-state index < -0.39 is 0 Å². The van der Waals surface area contributed by atoms with Gasteiger partial charge in [0.2, 0.25) is 0 Å². The molecule has 0 radical (unpaired) electrons. The standard InChI is InChI=1S/C20H25N3/c1-14-7-4-5-8-17(14)13-23-19-12-16(3)15(2)11-18(19)22-20(23)9-6-10-21/h4-5,7-8,11-12H,6,9-10,13,21H2,1-3H3. The summed E-state index contributed by atoms with van der Waals surface area (Å²) in [6.45, 7) is 8.05. The van der Waals surface area contributed by atoms with Crippen LogP contribution in [0.5, 0.6) is 0 Å². The molecule has 0 atom stereocenters. The average molecular weight is 307 g/mol. The van der Waals surface area contributed by atoms with Crippen LogP contribution in [0.4, 0.5) is 0 Å². The van der Waals surface area contributed by atoms with Gasteiger partial charge in [0.1, 0.15) is 5.82 Å². The van der Waals surface area contributed by atoms with E-state index in [4.69, 9.17) is 10.7 Å². The minimum Gasteiger partial charge on any atom is -0.330 e. The number of hydrogen-bond donors (Lipinski definition) is 1. The molecule has 23 heavy (non-hydrogen) atoms. The van der Waals surface area contributed by atoms with Crippen molar-refractivity contribution in [2.24, 2.45) is 5.73 Å². The highest BCUT2D eigenvalue weighted by molar-refractivity contribution is 5.78. The van der Waals surface area contributed by atoms with Gasteiger partial charge in [0, 0.05) is 13.0 Å². The van der Waals surface area contributed by atoms with Crippen LogP contribution in [-0.2, 0) is 13.0 Å². The van der Waals surface area contributed by atoms with Crippen LogP contribution < -0.4 is 5.73 Å². The van der Waals surface area contributed by atoms with Crippen molar-refractivity contribution in [3.63, 3.8) is 0 Å². The third-order valence-corrected chi connectivity index (χ3v) is 4.64. The summed E-state index contributed by atoms with van der Waals surface area (Å²) in [7, 11) is 0. The molecule has 3 rings (SSSR count). The number of aromatic nitrogens is 2. The van der Waals surface area contributed by atoms with E-state index in [1.165, 1.54) is 27.8 Å². The smallest absolute Gasteiger partial charge is 0.110 e. The van der Waals surface area contributed by atoms with Gasteiger partial charge in [-0.25, -0.2) is 4.98 Å². The van der Waals surface area contributed by atoms with Crippen molar-refractivity contribution >= 4 is 11.0 Å². The summed E-state index contributed by atoms with van der Waals surface area (Å²) in [6.07, 6.45) is 1.89. The topological polar surface area (TPSA) is 43.8 Å². The first kappa shape index (κ1) is 15.8. The molecule has 0 aliphatic carbocycles. The van der Waals surface area contributed by atoms with Crippen LogP contribution in [0, 0.1) is 20.8 Å². The highest BCUT2D eigenvalue weighted by Gasteiger charge is 2.13. The molecule has 2 N–H and O–H groups in total. The van der Waals surface area contributed by atoms with E-state index in [-0.39, 0.29) is 0 Å². The van der Waals surface area contributed by atoms with E-state index in [0.29, 0.717) is 6.54 Å². The van der Waals surface area contributed by atoms with Crippen molar-refractivity contribution in [2.75, 3.05) is 6.54 Å². The lowest BCUT2D eigenvalue weighted by molar-refractivity contribution is 0.702. The second kappa shape index (κ2) is 6.55. The number of nitrogens with two attached hydrogens (primary N) is 1. The molecule has 0 amide bonds. The Morgan fingerprint density at radius 1 is 1.00 bits per heavy atom. The maximum atomic E-state index is 5.71. The molecule has 0 unspecified atom stereocenters. The lowest BCUT2D eigenvalue weighted by Gasteiger charge is -2.12. The molecule has 120 valence electrons. The summed E-state index contributed by atoms with van der Waals surface area (Å²) in [5.41, 5.74) is 13.3. The molecule has 0 saturated heterocycles. The van der Waals surface area contributed by atoms with Gasteiger partial charge < -0.3 is 10.3 Å². The molecule has 0 bridgehead atoms. The van der Waals surface area contributed by atoms with Crippen molar-refractivity contribution in [1.29, 1.82) is 0 Å². The number of benzene rings is 2. The van der Waals surface area contributed by atoms with Gasteiger partial charge in [0.25, 0.3) is 0 Å². The molecule has 0 fully saturated rings. The maximum absolute atomic E-state index is 5.71. The van der Waals surface area contributed by atoms with Gasteiger partial charge in [-0.15, -0.1) is 0 Å². The van der Waals surface area contributed by atoms with Gasteiger partial charge in [0.15, 0.2) is 0 Å². The van der Waals surface area contributed by atoms with Gasteiger partial charge in [-0.05, 0) is 68.1 Å². The van der Waals surface area contributed by atoms with Gasteiger partial charge >= 0.3 is 0 Å². The number of rotatable bonds is 5. The van der Waals surface area contributed by atoms with Crippen LogP contribution in [0.25, 0.3) is 11.0 Å². The number of nitrogens with zero attached hydrogens (tertiary/aromatic N) is 2. The van der Waals surface area contributed by atoms with Gasteiger partial charge in [-0.2, -0.15) is 0 Å². The van der Waals surface area contributed by atoms with Crippen molar-refractivity contribution in [2.45, 2.75) is 40.2 Å². The van der Waals surface area contributed by atoms with Crippen LogP contribution in [-0.4, -0.2) is 16.1 Å². The molecular formula is C20H25N3. The normalized spacial score (nSPS) is 11.3. The first-order valence-corrected chi connectivity index (χ1v) is 8.31. The third kappa shape index (κ3) is 3.15. The highest BCUT2D eigenvalue weighted by Crippen LogP contribution is 2.23. The van der Waals surface area contributed by atoms with E-state index in [1.54, 1.807) is 0 Å². The van der Waals surface area contributed by atoms with E-state index in [9.17, 15) is 0 Å². The fraction of sp³-hybridized carbons (Fsp3) is 0.350. The van der Waals surface area contributed by atoms with Gasteiger partial charge in [-0.3, -0.25) is 0 Å². The molecule has 0 saturated carbocycles. The number of fused-ring (bicyclic) bond motifs is 1. The first-order chi connectivity index (χ1) is 11.1. The predicted molar refractivity (Wildman–Crippen MR) is 96.9 cm³/mol. The summed E-state index contributed by atoms with van der Waals surface area (Å²) in [5, 5.41) is 0. The number of imidazole rings is 1. The fourth-order valence-corrected chi connectivity index (χ4v) is 3.02. The van der Waals surface area contributed by atoms with Crippen LogP contribution in [0.3, 0.4) is 0 Å². The Kier molecular flexibility index (Phi) is 4.49. The van der Waals surface area contributed by atoms with E-state index in [1.807, 2.05) is 0 Å². The summed E-state index contributed by atoms with van der Waals surface area (Å²) >= 11 is 0. The maximum Gasteiger partial charge on any atom is 0.110 e. The summed E-state index contributed by atoms with van der Waals surface area (Å²) < 4.78 is 2.36. The first-order valence-electron chi connectivity index (χ1n) is 8.31. The van der Waals surface area contributed by atoms with E-state index >= 15 is 0 Å². The van der Waals surface area contributed by atoms with Crippen molar-refractivity contribution in [1.82, 2.24) is 9.55 Å². The monoisotopic (exact) mass is 307 g/mol. The Labute approximate surface area is 138 Å². The minimum absolute atomic E-state index is 0.700. The Balaban J connectivity index is 2.11. The van der Waals surface area contributed by atoms with Crippen molar-refractivity contribution in [3.05, 3.63) is 64.5 Å². The van der Waals surface area contributed by atoms with E-state index in [2.05, 4.69) is 61.7 Å². The largest absolute Gasteiger partial charge is 0.330 e. The molecule has 3 nitrogen and oxygen atoms in total. The number of aryl methyl sites for hydroxylation is 4. The quantitative estimate of drug-likeness (QED) is 0.777. The molecular weight excluding hydrogens is 282 g/mol. The molecule has 1 aromatic heterocycles. The zero-order chi connectivity index (χ0) is 16.4. The molecule has 2 aromatic carbocycles. The SMILES string of the molecule is Cc1cc2nc(CCCN)n(Cc3ccccc3C)c2cc1C. The second-order valence-electron chi connectivity index (χ2n) is 6.36. The van der Waals surface area contributed by atoms with Crippen LogP contribution in [0.15, 0.2) is 36.4 Å². The van der Waals surface area contributed by atoms with Crippen molar-refractivity contribution in [3.8, 4) is 0 Å². The van der Waals surface area contributed by atoms with Crippen molar-refractivity contribution < 1.29 is 0 Å². The zero-order valence-corrected chi connectivity index (χ0v) is 14.3. The fourth-order valence-electron chi connectivity index (χ4n) is 3.02. The lowest BCUT2D eigenvalue weighted by atomic mass is 10.1. The number of hydrogen-bond acceptors (Lipinski definition) is 2. The van der Waals surface area contributed by atoms with Crippen LogP contribution in [0.1, 0.15) is 34.5 Å². The lowest BCUT2D eigenvalue weighted by Crippen LogP contribution is -2.09. The highest BCUT2D eigenvalue weighted by atomic mass is 15.1. The third-order valence-electron chi connectivity index (χ3n) is 4.64. The molecule has 1 heterocycles. The zero-order valence-electron chi connectivity index (χ0n) is 14.3. The van der Waals surface area contributed by atoms with Gasteiger partial charge in [0.05, 0.1) is 11.0 Å². The summed E-state index contributed by atoms with van der Waals surface area (Å²) in [4.78, 5) is 4.89. The Bertz CT molecular complexity index is 830. The van der Waals surface area contributed by atoms with E-state index in [0.717, 1.165) is 30.7 Å². The molecule has 0 aliphatic heterocycles. The molecule has 3 heteroatoms. The van der Waals surface area contributed by atoms with Crippen LogP contribution >= 0.6 is 0 Å². The second-order valence-corrected chi connectivity index (χ2v) is 6.36. The Morgan fingerprint density at radius 3 is 2.48 bits per heavy atom. The average Bonchev–Trinajstić information content (AvgIpc) is 2.85. The Hall–Kier alpha value is -2.13. The van der Waals surface area contributed by atoms with Crippen LogP contribution in [0.2, 0.25) is 0 Å². The molecule has 0 aliphatic rings. The minimum atomic E-state index is 0.700. The van der Waals surface area contributed by atoms with Gasteiger partial charge in [-0.1, -0.05) is 24.3 Å². The summed E-state index contributed by atoms with van der Waals surface area (Å²) in [5.74, 6) is 1.14.